The Morgan fingerprint density at radius 1 is 1.35 bits per heavy atom. The molecule has 0 radical (unpaired) electrons. The molecule has 106 valence electrons. The summed E-state index contributed by atoms with van der Waals surface area (Å²) in [7, 11) is 0. The molecule has 0 aromatic carbocycles. The van der Waals surface area contributed by atoms with E-state index in [1.807, 2.05) is 0 Å². The van der Waals surface area contributed by atoms with Gasteiger partial charge in [0.1, 0.15) is 0 Å². The van der Waals surface area contributed by atoms with E-state index in [0.29, 0.717) is 16.0 Å². The number of aromatic nitrogens is 2. The van der Waals surface area contributed by atoms with Gasteiger partial charge in [-0.05, 0) is 50.6 Å². The molecule has 1 aliphatic carbocycles. The minimum Gasteiger partial charge on any atom is -0.493 e. The quantitative estimate of drug-likeness (QED) is 0.796. The molecule has 0 aliphatic heterocycles. The van der Waals surface area contributed by atoms with E-state index in [4.69, 9.17) is 4.42 Å². The van der Waals surface area contributed by atoms with E-state index in [1.54, 1.807) is 6.07 Å². The van der Waals surface area contributed by atoms with Gasteiger partial charge in [-0.3, -0.25) is 4.79 Å². The van der Waals surface area contributed by atoms with Crippen LogP contribution in [0, 0.1) is 0 Å². The average Bonchev–Trinajstić information content (AvgIpc) is 3.00. The number of aromatic amines is 1. The lowest BCUT2D eigenvalue weighted by Gasteiger charge is -2.10. The van der Waals surface area contributed by atoms with Crippen LogP contribution in [0.5, 0.6) is 5.88 Å². The Morgan fingerprint density at radius 2 is 2.05 bits per heavy atom. The van der Waals surface area contributed by atoms with Gasteiger partial charge >= 0.3 is 0 Å². The summed E-state index contributed by atoms with van der Waals surface area (Å²) in [6.07, 6.45) is 4.03. The first-order chi connectivity index (χ1) is 9.56. The Morgan fingerprint density at radius 3 is 2.60 bits per heavy atom. The lowest BCUT2D eigenvalue weighted by Crippen LogP contribution is -2.17. The Bertz CT molecular complexity index is 683. The van der Waals surface area contributed by atoms with Crippen molar-refractivity contribution < 1.29 is 9.52 Å². The van der Waals surface area contributed by atoms with Crippen LogP contribution < -0.4 is 5.56 Å². The van der Waals surface area contributed by atoms with Crippen LogP contribution in [0.15, 0.2) is 24.4 Å². The number of hydrogen-bond donors (Lipinski definition) is 2. The molecule has 2 N–H and O–H groups in total. The molecule has 5 nitrogen and oxygen atoms in total. The van der Waals surface area contributed by atoms with E-state index in [-0.39, 0.29) is 23.2 Å². The predicted octanol–water partition coefficient (Wildman–Crippen LogP) is 3.92. The molecule has 7 heteroatoms. The third kappa shape index (κ3) is 2.44. The second kappa shape index (κ2) is 5.37. The van der Waals surface area contributed by atoms with Crippen molar-refractivity contribution >= 4 is 31.9 Å². The first-order valence-electron chi connectivity index (χ1n) is 6.34. The summed E-state index contributed by atoms with van der Waals surface area (Å²) in [5.74, 6) is 0.518. The molecular weight excluding hydrogens is 392 g/mol. The number of nitrogens with one attached hydrogen (secondary N) is 1. The maximum Gasteiger partial charge on any atom is 0.258 e. The fraction of sp³-hybridized carbons (Fsp3) is 0.385. The third-order valence-electron chi connectivity index (χ3n) is 3.58. The SMILES string of the molecule is O=c1[nH]c(-c2cc(Br)c(Br)o2)nc(O)c1C1CCCC1. The highest BCUT2D eigenvalue weighted by molar-refractivity contribution is 9.13. The van der Waals surface area contributed by atoms with Crippen LogP contribution in [0.25, 0.3) is 11.6 Å². The van der Waals surface area contributed by atoms with Gasteiger partial charge < -0.3 is 14.5 Å². The minimum atomic E-state index is -0.289. The molecule has 0 spiro atoms. The molecule has 2 aromatic rings. The van der Waals surface area contributed by atoms with E-state index in [9.17, 15) is 9.90 Å². The van der Waals surface area contributed by atoms with Crippen LogP contribution >= 0.6 is 31.9 Å². The smallest absolute Gasteiger partial charge is 0.258 e. The first kappa shape index (κ1) is 13.9. The van der Waals surface area contributed by atoms with Crippen LogP contribution in [0.1, 0.15) is 37.2 Å². The summed E-state index contributed by atoms with van der Waals surface area (Å²) < 4.78 is 6.63. The Labute approximate surface area is 131 Å². The zero-order chi connectivity index (χ0) is 14.3. The van der Waals surface area contributed by atoms with Crippen molar-refractivity contribution in [3.63, 3.8) is 0 Å². The highest BCUT2D eigenvalue weighted by Gasteiger charge is 2.25. The van der Waals surface area contributed by atoms with Crippen LogP contribution in [0.4, 0.5) is 0 Å². The molecule has 2 aromatic heterocycles. The number of furan rings is 1. The number of rotatable bonds is 2. The van der Waals surface area contributed by atoms with Crippen LogP contribution in [0.2, 0.25) is 0 Å². The van der Waals surface area contributed by atoms with Crippen molar-refractivity contribution in [1.82, 2.24) is 9.97 Å². The lowest BCUT2D eigenvalue weighted by atomic mass is 10.00. The number of H-pyrrole nitrogens is 1. The van der Waals surface area contributed by atoms with Crippen molar-refractivity contribution in [2.75, 3.05) is 0 Å². The van der Waals surface area contributed by atoms with Gasteiger partial charge in [-0.1, -0.05) is 12.8 Å². The fourth-order valence-electron chi connectivity index (χ4n) is 2.63. The summed E-state index contributed by atoms with van der Waals surface area (Å²) in [4.78, 5) is 18.9. The topological polar surface area (TPSA) is 79.1 Å². The van der Waals surface area contributed by atoms with Crippen molar-refractivity contribution in [2.24, 2.45) is 0 Å². The van der Waals surface area contributed by atoms with Gasteiger partial charge in [0, 0.05) is 6.07 Å². The molecule has 1 saturated carbocycles. The van der Waals surface area contributed by atoms with Crippen molar-refractivity contribution in [3.8, 4) is 17.5 Å². The minimum absolute atomic E-state index is 0.107. The fourth-order valence-corrected chi connectivity index (χ4v) is 3.21. The maximum atomic E-state index is 12.2. The van der Waals surface area contributed by atoms with E-state index in [0.717, 1.165) is 30.2 Å². The summed E-state index contributed by atoms with van der Waals surface area (Å²) in [6.45, 7) is 0. The zero-order valence-electron chi connectivity index (χ0n) is 10.4. The van der Waals surface area contributed by atoms with Gasteiger partial charge in [-0.25, -0.2) is 0 Å². The Kier molecular flexibility index (Phi) is 3.72. The van der Waals surface area contributed by atoms with Gasteiger partial charge in [0.05, 0.1) is 10.0 Å². The summed E-state index contributed by atoms with van der Waals surface area (Å²) in [6, 6.07) is 1.68. The second-order valence-corrected chi connectivity index (χ2v) is 6.44. The average molecular weight is 404 g/mol. The van der Waals surface area contributed by atoms with Crippen molar-refractivity contribution in [1.29, 1.82) is 0 Å². The largest absolute Gasteiger partial charge is 0.493 e. The number of halogens is 2. The molecule has 20 heavy (non-hydrogen) atoms. The summed E-state index contributed by atoms with van der Waals surface area (Å²) >= 11 is 6.52. The number of aromatic hydroxyl groups is 1. The van der Waals surface area contributed by atoms with E-state index >= 15 is 0 Å². The maximum absolute atomic E-state index is 12.2. The highest BCUT2D eigenvalue weighted by Crippen LogP contribution is 2.36. The van der Waals surface area contributed by atoms with Gasteiger partial charge in [-0.15, -0.1) is 0 Å². The van der Waals surface area contributed by atoms with E-state index in [1.165, 1.54) is 0 Å². The molecule has 0 unspecified atom stereocenters. The molecule has 0 atom stereocenters. The summed E-state index contributed by atoms with van der Waals surface area (Å²) in [5.41, 5.74) is 0.110. The molecule has 0 saturated heterocycles. The first-order valence-corrected chi connectivity index (χ1v) is 7.93. The number of hydrogen-bond acceptors (Lipinski definition) is 4. The Hall–Kier alpha value is -1.08. The predicted molar refractivity (Wildman–Crippen MR) is 80.8 cm³/mol. The lowest BCUT2D eigenvalue weighted by molar-refractivity contribution is 0.434. The normalized spacial score (nSPS) is 15.9. The molecule has 2 heterocycles. The molecule has 3 rings (SSSR count). The van der Waals surface area contributed by atoms with Gasteiger partial charge in [0.25, 0.3) is 5.56 Å². The van der Waals surface area contributed by atoms with Gasteiger partial charge in [0.15, 0.2) is 16.3 Å². The van der Waals surface area contributed by atoms with Gasteiger partial charge in [0.2, 0.25) is 5.88 Å². The van der Waals surface area contributed by atoms with Crippen molar-refractivity contribution in [3.05, 3.63) is 31.1 Å². The zero-order valence-corrected chi connectivity index (χ0v) is 13.6. The van der Waals surface area contributed by atoms with Crippen LogP contribution in [0.3, 0.4) is 0 Å². The molecular formula is C13H12Br2N2O3. The second-order valence-electron chi connectivity index (χ2n) is 4.87. The highest BCUT2D eigenvalue weighted by atomic mass is 79.9. The van der Waals surface area contributed by atoms with Gasteiger partial charge in [-0.2, -0.15) is 4.98 Å². The summed E-state index contributed by atoms with van der Waals surface area (Å²) in [5, 5.41) is 10.1. The van der Waals surface area contributed by atoms with E-state index < -0.39 is 0 Å². The third-order valence-corrected chi connectivity index (χ3v) is 5.29. The molecule has 0 amide bonds. The standard InChI is InChI=1S/C13H12Br2N2O3/c14-7-5-8(20-10(7)15)11-16-12(18)9(13(19)17-11)6-3-1-2-4-6/h5-6H,1-4H2,(H2,16,17,18,19). The Balaban J connectivity index is 2.05. The molecule has 1 aliphatic rings. The van der Waals surface area contributed by atoms with E-state index in [2.05, 4.69) is 41.8 Å². The van der Waals surface area contributed by atoms with Crippen LogP contribution in [-0.2, 0) is 0 Å². The molecule has 0 bridgehead atoms. The number of nitrogens with zero attached hydrogens (tertiary/aromatic N) is 1. The monoisotopic (exact) mass is 402 g/mol. The van der Waals surface area contributed by atoms with Crippen molar-refractivity contribution in [2.45, 2.75) is 31.6 Å². The van der Waals surface area contributed by atoms with Crippen LogP contribution in [-0.4, -0.2) is 15.1 Å². The molecule has 1 fully saturated rings.